The van der Waals surface area contributed by atoms with E-state index in [0.29, 0.717) is 17.5 Å². The largest absolute Gasteiger partial charge is 0.356 e. The highest BCUT2D eigenvalue weighted by Gasteiger charge is 2.22. The highest BCUT2D eigenvalue weighted by atomic mass is 16.1. The van der Waals surface area contributed by atoms with Gasteiger partial charge in [-0.1, -0.05) is 13.8 Å². The van der Waals surface area contributed by atoms with Crippen molar-refractivity contribution in [2.24, 2.45) is 17.6 Å². The first kappa shape index (κ1) is 13.8. The third kappa shape index (κ3) is 3.67. The van der Waals surface area contributed by atoms with Gasteiger partial charge in [-0.3, -0.25) is 4.79 Å². The molecule has 2 heterocycles. The Morgan fingerprint density at radius 3 is 2.63 bits per heavy atom. The van der Waals surface area contributed by atoms with E-state index in [0.717, 1.165) is 18.9 Å². The molecule has 0 aromatic carbocycles. The Morgan fingerprint density at radius 2 is 2.11 bits per heavy atom. The third-order valence-electron chi connectivity index (χ3n) is 3.41. The van der Waals surface area contributed by atoms with E-state index in [1.54, 1.807) is 6.20 Å². The molecule has 2 unspecified atom stereocenters. The molecule has 19 heavy (non-hydrogen) atoms. The standard InChI is InChI=1S/C14H22N4O/c1-10-5-11(2)9-18(8-10)13-4-3-12(7-16-13)17-14(19)6-15/h3-4,7,10-11H,5-6,8-9,15H2,1-2H3,(H,17,19). The van der Waals surface area contributed by atoms with Crippen molar-refractivity contribution >= 4 is 17.4 Å². The molecular formula is C14H22N4O. The third-order valence-corrected chi connectivity index (χ3v) is 3.41. The summed E-state index contributed by atoms with van der Waals surface area (Å²) >= 11 is 0. The number of amides is 1. The Kier molecular flexibility index (Phi) is 4.37. The van der Waals surface area contributed by atoms with Crippen molar-refractivity contribution in [1.82, 2.24) is 4.98 Å². The molecule has 1 saturated heterocycles. The topological polar surface area (TPSA) is 71.2 Å². The number of rotatable bonds is 3. The summed E-state index contributed by atoms with van der Waals surface area (Å²) in [5, 5.41) is 2.69. The maximum atomic E-state index is 11.2. The Balaban J connectivity index is 2.03. The average molecular weight is 262 g/mol. The lowest BCUT2D eigenvalue weighted by Gasteiger charge is -2.35. The van der Waals surface area contributed by atoms with E-state index < -0.39 is 0 Å². The Morgan fingerprint density at radius 1 is 1.42 bits per heavy atom. The summed E-state index contributed by atoms with van der Waals surface area (Å²) in [6, 6.07) is 3.83. The maximum Gasteiger partial charge on any atom is 0.238 e. The minimum atomic E-state index is -0.199. The fourth-order valence-electron chi connectivity index (χ4n) is 2.71. The lowest BCUT2D eigenvalue weighted by atomic mass is 9.92. The van der Waals surface area contributed by atoms with Crippen LogP contribution in [-0.2, 0) is 4.79 Å². The van der Waals surface area contributed by atoms with Crippen LogP contribution in [-0.4, -0.2) is 30.5 Å². The summed E-state index contributed by atoms with van der Waals surface area (Å²) < 4.78 is 0. The number of carbonyl (C=O) groups excluding carboxylic acids is 1. The van der Waals surface area contributed by atoms with Crippen molar-refractivity contribution in [2.45, 2.75) is 20.3 Å². The first-order valence-corrected chi connectivity index (χ1v) is 6.79. The predicted octanol–water partition coefficient (Wildman–Crippen LogP) is 1.46. The molecular weight excluding hydrogens is 240 g/mol. The molecule has 1 aliphatic heterocycles. The first-order valence-electron chi connectivity index (χ1n) is 6.79. The number of pyridine rings is 1. The number of hydrogen-bond donors (Lipinski definition) is 2. The van der Waals surface area contributed by atoms with Gasteiger partial charge in [0.1, 0.15) is 5.82 Å². The van der Waals surface area contributed by atoms with Gasteiger partial charge in [0.25, 0.3) is 0 Å². The van der Waals surface area contributed by atoms with Crippen molar-refractivity contribution in [3.05, 3.63) is 18.3 Å². The highest BCUT2D eigenvalue weighted by molar-refractivity contribution is 5.91. The van der Waals surface area contributed by atoms with E-state index in [1.807, 2.05) is 12.1 Å². The van der Waals surface area contributed by atoms with Gasteiger partial charge in [-0.2, -0.15) is 0 Å². The van der Waals surface area contributed by atoms with Crippen molar-refractivity contribution in [3.63, 3.8) is 0 Å². The number of nitrogens with two attached hydrogens (primary N) is 1. The molecule has 2 rings (SSSR count). The Bertz CT molecular complexity index is 422. The molecule has 1 aromatic heterocycles. The molecule has 104 valence electrons. The van der Waals surface area contributed by atoms with Gasteiger partial charge in [0.05, 0.1) is 18.4 Å². The van der Waals surface area contributed by atoms with Crippen LogP contribution in [0.15, 0.2) is 18.3 Å². The quantitative estimate of drug-likeness (QED) is 0.865. The zero-order valence-corrected chi connectivity index (χ0v) is 11.6. The summed E-state index contributed by atoms with van der Waals surface area (Å²) in [7, 11) is 0. The lowest BCUT2D eigenvalue weighted by molar-refractivity contribution is -0.114. The van der Waals surface area contributed by atoms with Crippen LogP contribution in [0.5, 0.6) is 0 Å². The molecule has 1 fully saturated rings. The average Bonchev–Trinajstić information content (AvgIpc) is 2.38. The number of nitrogens with zero attached hydrogens (tertiary/aromatic N) is 2. The molecule has 5 nitrogen and oxygen atoms in total. The number of aromatic nitrogens is 1. The molecule has 5 heteroatoms. The predicted molar refractivity (Wildman–Crippen MR) is 77.1 cm³/mol. The molecule has 1 aromatic rings. The molecule has 0 spiro atoms. The summed E-state index contributed by atoms with van der Waals surface area (Å²) in [6.45, 7) is 6.64. The molecule has 0 saturated carbocycles. The van der Waals surface area contributed by atoms with Crippen molar-refractivity contribution in [2.75, 3.05) is 29.9 Å². The number of nitrogens with one attached hydrogen (secondary N) is 1. The SMILES string of the molecule is CC1CC(C)CN(c2ccc(NC(=O)CN)cn2)C1. The van der Waals surface area contributed by atoms with E-state index in [1.165, 1.54) is 6.42 Å². The van der Waals surface area contributed by atoms with Gasteiger partial charge in [-0.15, -0.1) is 0 Å². The van der Waals surface area contributed by atoms with Gasteiger partial charge in [0.15, 0.2) is 0 Å². The molecule has 1 amide bonds. The van der Waals surface area contributed by atoms with Crippen molar-refractivity contribution in [1.29, 1.82) is 0 Å². The second-order valence-electron chi connectivity index (χ2n) is 5.51. The van der Waals surface area contributed by atoms with E-state index >= 15 is 0 Å². The minimum absolute atomic E-state index is 0.0110. The van der Waals surface area contributed by atoms with Crippen LogP contribution in [0.4, 0.5) is 11.5 Å². The van der Waals surface area contributed by atoms with Crippen LogP contribution in [0.25, 0.3) is 0 Å². The molecule has 1 aliphatic rings. The van der Waals surface area contributed by atoms with E-state index in [2.05, 4.69) is 29.0 Å². The second kappa shape index (κ2) is 6.02. The van der Waals surface area contributed by atoms with Gasteiger partial charge < -0.3 is 16.0 Å². The van der Waals surface area contributed by atoms with Crippen LogP contribution in [0.1, 0.15) is 20.3 Å². The zero-order valence-electron chi connectivity index (χ0n) is 11.6. The second-order valence-corrected chi connectivity index (χ2v) is 5.51. The normalized spacial score (nSPS) is 23.2. The monoisotopic (exact) mass is 262 g/mol. The Hall–Kier alpha value is -1.62. The van der Waals surface area contributed by atoms with Crippen LogP contribution in [0, 0.1) is 11.8 Å². The van der Waals surface area contributed by atoms with E-state index in [-0.39, 0.29) is 12.5 Å². The molecule has 3 N–H and O–H groups in total. The molecule has 2 atom stereocenters. The highest BCUT2D eigenvalue weighted by Crippen LogP contribution is 2.25. The fraction of sp³-hybridized carbons (Fsp3) is 0.571. The number of piperidine rings is 1. The van der Waals surface area contributed by atoms with Crippen LogP contribution in [0.2, 0.25) is 0 Å². The summed E-state index contributed by atoms with van der Waals surface area (Å²) in [6.07, 6.45) is 2.97. The van der Waals surface area contributed by atoms with E-state index in [9.17, 15) is 4.79 Å². The van der Waals surface area contributed by atoms with Gasteiger partial charge in [0, 0.05) is 13.1 Å². The number of carbonyl (C=O) groups is 1. The minimum Gasteiger partial charge on any atom is -0.356 e. The number of anilines is 2. The molecule has 0 radical (unpaired) electrons. The smallest absolute Gasteiger partial charge is 0.238 e. The molecule has 0 aliphatic carbocycles. The van der Waals surface area contributed by atoms with Crippen LogP contribution >= 0.6 is 0 Å². The van der Waals surface area contributed by atoms with Gasteiger partial charge >= 0.3 is 0 Å². The fourth-order valence-corrected chi connectivity index (χ4v) is 2.71. The summed E-state index contributed by atoms with van der Waals surface area (Å²) in [4.78, 5) is 17.9. The number of hydrogen-bond acceptors (Lipinski definition) is 4. The van der Waals surface area contributed by atoms with Gasteiger partial charge in [-0.25, -0.2) is 4.98 Å². The first-order chi connectivity index (χ1) is 9.08. The van der Waals surface area contributed by atoms with Crippen LogP contribution in [0.3, 0.4) is 0 Å². The van der Waals surface area contributed by atoms with Crippen molar-refractivity contribution < 1.29 is 4.79 Å². The van der Waals surface area contributed by atoms with Gasteiger partial charge in [0.2, 0.25) is 5.91 Å². The van der Waals surface area contributed by atoms with E-state index in [4.69, 9.17) is 5.73 Å². The summed E-state index contributed by atoms with van der Waals surface area (Å²) in [5.41, 5.74) is 5.95. The van der Waals surface area contributed by atoms with Crippen molar-refractivity contribution in [3.8, 4) is 0 Å². The maximum absolute atomic E-state index is 11.2. The lowest BCUT2D eigenvalue weighted by Crippen LogP contribution is -2.39. The summed E-state index contributed by atoms with van der Waals surface area (Å²) in [5.74, 6) is 2.17. The zero-order chi connectivity index (χ0) is 13.8. The molecule has 0 bridgehead atoms. The van der Waals surface area contributed by atoms with Crippen LogP contribution < -0.4 is 16.0 Å². The Labute approximate surface area is 114 Å². The van der Waals surface area contributed by atoms with Gasteiger partial charge in [-0.05, 0) is 30.4 Å².